The van der Waals surface area contributed by atoms with E-state index in [-0.39, 0.29) is 0 Å². The summed E-state index contributed by atoms with van der Waals surface area (Å²) < 4.78 is 10.1. The van der Waals surface area contributed by atoms with Crippen LogP contribution in [0.3, 0.4) is 0 Å². The van der Waals surface area contributed by atoms with Gasteiger partial charge < -0.3 is 9.13 Å². The van der Waals surface area contributed by atoms with Gasteiger partial charge in [-0.15, -0.1) is 22.7 Å². The number of fused-ring (bicyclic) bond motifs is 18. The normalized spacial score (nSPS) is 12.1. The fourth-order valence-corrected chi connectivity index (χ4v) is 16.1. The molecule has 0 radical (unpaired) electrons. The van der Waals surface area contributed by atoms with E-state index in [0.717, 1.165) is 5.69 Å². The van der Waals surface area contributed by atoms with Crippen molar-refractivity contribution in [2.75, 3.05) is 0 Å². The molecule has 82 heavy (non-hydrogen) atoms. The minimum atomic E-state index is 1.16. The zero-order valence-electron chi connectivity index (χ0n) is 44.3. The Balaban J connectivity index is 0.749. The summed E-state index contributed by atoms with van der Waals surface area (Å²) in [5.41, 5.74) is 16.9. The smallest absolute Gasteiger partial charge is 0.0541 e. The Labute approximate surface area is 479 Å². The molecule has 4 heterocycles. The van der Waals surface area contributed by atoms with Gasteiger partial charge in [-0.05, 0) is 156 Å². The molecule has 0 N–H and O–H groups in total. The fraction of sp³-hybridized carbons (Fsp3) is 0. The second-order valence-electron chi connectivity index (χ2n) is 21.9. The van der Waals surface area contributed by atoms with E-state index in [1.165, 1.54) is 166 Å². The van der Waals surface area contributed by atoms with Crippen LogP contribution in [0.2, 0.25) is 0 Å². The molecule has 0 aliphatic rings. The Morgan fingerprint density at radius 1 is 0.207 bits per heavy atom. The molecule has 0 saturated heterocycles. The lowest BCUT2D eigenvalue weighted by Crippen LogP contribution is -1.98. The molecule has 0 unspecified atom stereocenters. The lowest BCUT2D eigenvalue weighted by atomic mass is 9.90. The van der Waals surface area contributed by atoms with Crippen molar-refractivity contribution in [3.63, 3.8) is 0 Å². The van der Waals surface area contributed by atoms with Gasteiger partial charge in [0.05, 0.1) is 27.8 Å². The highest BCUT2D eigenvalue weighted by Crippen LogP contribution is 2.47. The van der Waals surface area contributed by atoms with Crippen LogP contribution in [-0.2, 0) is 0 Å². The molecule has 18 rings (SSSR count). The van der Waals surface area contributed by atoms with Gasteiger partial charge in [-0.25, -0.2) is 0 Å². The van der Waals surface area contributed by atoms with E-state index >= 15 is 0 Å². The number of benzene rings is 14. The van der Waals surface area contributed by atoms with Gasteiger partial charge in [-0.1, -0.05) is 194 Å². The summed E-state index contributed by atoms with van der Waals surface area (Å²) in [6.45, 7) is 0. The molecule has 0 aliphatic heterocycles. The molecule has 0 spiro atoms. The van der Waals surface area contributed by atoms with Gasteiger partial charge in [0, 0.05) is 73.1 Å². The average molecular weight is 1080 g/mol. The number of para-hydroxylation sites is 4. The molecular formula is C78H46N2S2. The molecule has 0 aliphatic carbocycles. The van der Waals surface area contributed by atoms with Gasteiger partial charge in [0.25, 0.3) is 0 Å². The van der Waals surface area contributed by atoms with Crippen LogP contribution in [-0.4, -0.2) is 9.13 Å². The lowest BCUT2D eigenvalue weighted by Gasteiger charge is -2.17. The van der Waals surface area contributed by atoms with Gasteiger partial charge in [0.1, 0.15) is 0 Å². The minimum absolute atomic E-state index is 1.16. The third kappa shape index (κ3) is 6.74. The van der Waals surface area contributed by atoms with Gasteiger partial charge >= 0.3 is 0 Å². The van der Waals surface area contributed by atoms with Crippen molar-refractivity contribution in [2.45, 2.75) is 0 Å². The number of hydrogen-bond donors (Lipinski definition) is 0. The summed E-state index contributed by atoms with van der Waals surface area (Å²) in [6, 6.07) is 104. The van der Waals surface area contributed by atoms with Crippen LogP contribution in [0.25, 0.3) is 172 Å². The van der Waals surface area contributed by atoms with Crippen molar-refractivity contribution in [3.8, 4) is 55.9 Å². The van der Waals surface area contributed by atoms with Crippen molar-refractivity contribution in [1.29, 1.82) is 0 Å². The summed E-state index contributed by atoms with van der Waals surface area (Å²) in [5.74, 6) is 0. The van der Waals surface area contributed by atoms with Crippen molar-refractivity contribution in [3.05, 3.63) is 279 Å². The molecule has 4 aromatic heterocycles. The summed E-state index contributed by atoms with van der Waals surface area (Å²) in [4.78, 5) is 0. The number of thiophene rings is 2. The van der Waals surface area contributed by atoms with Crippen LogP contribution in [0.5, 0.6) is 0 Å². The molecule has 4 heteroatoms. The number of aromatic nitrogens is 2. The van der Waals surface area contributed by atoms with E-state index in [4.69, 9.17) is 0 Å². The molecule has 18 aromatic rings. The van der Waals surface area contributed by atoms with Crippen molar-refractivity contribution in [2.24, 2.45) is 0 Å². The highest BCUT2D eigenvalue weighted by Gasteiger charge is 2.21. The number of nitrogens with zero attached hydrogens (tertiary/aromatic N) is 2. The van der Waals surface area contributed by atoms with Crippen LogP contribution >= 0.6 is 22.7 Å². The molecule has 2 nitrogen and oxygen atoms in total. The van der Waals surface area contributed by atoms with Gasteiger partial charge in [-0.2, -0.15) is 0 Å². The molecule has 0 fully saturated rings. The Morgan fingerprint density at radius 3 is 1.40 bits per heavy atom. The van der Waals surface area contributed by atoms with E-state index in [2.05, 4.69) is 288 Å². The molecule has 0 saturated carbocycles. The van der Waals surface area contributed by atoms with Crippen LogP contribution < -0.4 is 0 Å². The summed E-state index contributed by atoms with van der Waals surface area (Å²) in [5, 5.41) is 17.8. The third-order valence-electron chi connectivity index (χ3n) is 17.5. The van der Waals surface area contributed by atoms with E-state index in [1.807, 2.05) is 22.7 Å². The fourth-order valence-electron chi connectivity index (χ4n) is 13.9. The standard InChI is InChI=1S/C78H46N2S2/c1-4-19-55-52(16-1)56-39-36-51(79-69-26-10-8-23-61(69)67-43-48(34-40-73(67)79)49-35-41-75-68(44-49)62-24-9-14-30-74(62)81-75)46-66(56)57-37-32-47(42-65(55)57)50-33-38-64-77(45-50)82-76-31-15-25-63(78(64)76)54-18-3-2-17-53(54)58-20-5-11-27-70(58)80-71-28-12-6-21-59(71)60-22-7-13-29-72(60)80/h1-46H. The number of hydrogen-bond acceptors (Lipinski definition) is 2. The lowest BCUT2D eigenvalue weighted by molar-refractivity contribution is 1.18. The Morgan fingerprint density at radius 2 is 0.646 bits per heavy atom. The quantitative estimate of drug-likeness (QED) is 0.147. The second-order valence-corrected chi connectivity index (χ2v) is 24.0. The maximum atomic E-state index is 2.47. The zero-order valence-corrected chi connectivity index (χ0v) is 45.9. The first-order valence-corrected chi connectivity index (χ1v) is 29.8. The summed E-state index contributed by atoms with van der Waals surface area (Å²) in [7, 11) is 0. The van der Waals surface area contributed by atoms with Crippen molar-refractivity contribution < 1.29 is 0 Å². The minimum Gasteiger partial charge on any atom is -0.309 e. The predicted octanol–water partition coefficient (Wildman–Crippen LogP) is 22.7. The average Bonchev–Trinajstić information content (AvgIpc) is 4.51. The SMILES string of the molecule is c1ccc(-c2cccc3sc4cc(-c5ccc6c(c5)c5ccccc5c5ccc(-n7c8ccccc8c8cc(-c9ccc%10sc%11ccccc%11c%10c9)ccc87)cc56)ccc4c23)c(-c2ccccc2-n2c3ccccc3c3ccccc32)c1. The van der Waals surface area contributed by atoms with Crippen LogP contribution in [0, 0.1) is 0 Å². The molecule has 0 atom stereocenters. The maximum absolute atomic E-state index is 2.47. The van der Waals surface area contributed by atoms with Crippen LogP contribution in [0.15, 0.2) is 279 Å². The molecule has 0 bridgehead atoms. The van der Waals surface area contributed by atoms with E-state index < -0.39 is 0 Å². The van der Waals surface area contributed by atoms with Crippen LogP contribution in [0.4, 0.5) is 0 Å². The molecular weight excluding hydrogens is 1030 g/mol. The van der Waals surface area contributed by atoms with E-state index in [9.17, 15) is 0 Å². The Bertz CT molecular complexity index is 5670. The van der Waals surface area contributed by atoms with Crippen molar-refractivity contribution >= 4 is 139 Å². The largest absolute Gasteiger partial charge is 0.309 e. The second kappa shape index (κ2) is 17.7. The molecule has 380 valence electrons. The predicted molar refractivity (Wildman–Crippen MR) is 355 cm³/mol. The van der Waals surface area contributed by atoms with Crippen LogP contribution in [0.1, 0.15) is 0 Å². The van der Waals surface area contributed by atoms with Gasteiger partial charge in [0.2, 0.25) is 0 Å². The molecule has 0 amide bonds. The zero-order chi connectivity index (χ0) is 53.6. The van der Waals surface area contributed by atoms with E-state index in [0.29, 0.717) is 0 Å². The van der Waals surface area contributed by atoms with Crippen molar-refractivity contribution in [1.82, 2.24) is 9.13 Å². The maximum Gasteiger partial charge on any atom is 0.0541 e. The topological polar surface area (TPSA) is 9.86 Å². The Hall–Kier alpha value is -10.1. The first-order chi connectivity index (χ1) is 40.7. The summed E-state index contributed by atoms with van der Waals surface area (Å²) in [6.07, 6.45) is 0. The Kier molecular flexibility index (Phi) is 9.87. The van der Waals surface area contributed by atoms with E-state index in [1.54, 1.807) is 0 Å². The first-order valence-electron chi connectivity index (χ1n) is 28.1. The highest BCUT2D eigenvalue weighted by atomic mass is 32.1. The third-order valence-corrected chi connectivity index (χ3v) is 19.8. The first kappa shape index (κ1) is 45.7. The molecule has 14 aromatic carbocycles. The highest BCUT2D eigenvalue weighted by molar-refractivity contribution is 7.26. The summed E-state index contributed by atoms with van der Waals surface area (Å²) >= 11 is 3.76. The number of rotatable bonds is 6. The monoisotopic (exact) mass is 1070 g/mol. The van der Waals surface area contributed by atoms with Gasteiger partial charge in [-0.3, -0.25) is 0 Å². The van der Waals surface area contributed by atoms with Gasteiger partial charge in [0.15, 0.2) is 0 Å².